The molecule has 1 aliphatic heterocycles. The van der Waals surface area contributed by atoms with E-state index in [4.69, 9.17) is 4.42 Å². The molecule has 1 atom stereocenters. The monoisotopic (exact) mass is 399 g/mol. The molecule has 3 N–H and O–H groups in total. The number of nitrogens with zero attached hydrogens (tertiary/aromatic N) is 3. The number of Topliss-reactive ketones (excluding diaryl/α,β-unsaturated/α-hetero) is 1. The molecule has 0 aliphatic carbocycles. The zero-order valence-corrected chi connectivity index (χ0v) is 15.2. The number of furan rings is 1. The normalized spacial score (nSPS) is 16.8. The molecule has 3 aromatic rings. The Bertz CT molecular complexity index is 1120. The van der Waals surface area contributed by atoms with Crippen molar-refractivity contribution < 1.29 is 29.3 Å². The standard InChI is InChI=1S/C18H13N3O6S/c1-8-2-5-12(27-8)15(24)13-14(10-4-3-9(22)6-11(10)23)21(17(26)16(13)25)18-20-19-7-28-18/h2-7,14,22-23,25H,1H3. The van der Waals surface area contributed by atoms with Gasteiger partial charge in [0.2, 0.25) is 10.9 Å². The van der Waals surface area contributed by atoms with E-state index in [9.17, 15) is 24.9 Å². The highest BCUT2D eigenvalue weighted by atomic mass is 32.1. The lowest BCUT2D eigenvalue weighted by atomic mass is 9.94. The SMILES string of the molecule is Cc1ccc(C(=O)C2=C(O)C(=O)N(c3nncs3)C2c2ccc(O)cc2O)o1. The van der Waals surface area contributed by atoms with Crippen molar-refractivity contribution in [3.8, 4) is 11.5 Å². The number of phenolic OH excluding ortho intramolecular Hbond substituents is 2. The van der Waals surface area contributed by atoms with E-state index in [0.717, 1.165) is 22.3 Å². The average Bonchev–Trinajstić information content (AvgIpc) is 3.36. The van der Waals surface area contributed by atoms with Gasteiger partial charge in [0.25, 0.3) is 5.91 Å². The number of ketones is 1. The summed E-state index contributed by atoms with van der Waals surface area (Å²) in [5, 5.41) is 38.1. The molecule has 3 heterocycles. The number of aromatic hydroxyl groups is 2. The van der Waals surface area contributed by atoms with Crippen molar-refractivity contribution in [1.82, 2.24) is 10.2 Å². The molecule has 0 radical (unpaired) electrons. The van der Waals surface area contributed by atoms with E-state index >= 15 is 0 Å². The molecule has 1 aromatic carbocycles. The van der Waals surface area contributed by atoms with Crippen molar-refractivity contribution in [3.63, 3.8) is 0 Å². The van der Waals surface area contributed by atoms with Gasteiger partial charge in [0.05, 0.1) is 5.57 Å². The number of aliphatic hydroxyl groups excluding tert-OH is 1. The lowest BCUT2D eigenvalue weighted by Gasteiger charge is -2.24. The van der Waals surface area contributed by atoms with Gasteiger partial charge in [-0.2, -0.15) is 0 Å². The predicted octanol–water partition coefficient (Wildman–Crippen LogP) is 2.63. The van der Waals surface area contributed by atoms with E-state index in [-0.39, 0.29) is 33.5 Å². The van der Waals surface area contributed by atoms with Crippen LogP contribution in [-0.2, 0) is 4.79 Å². The molecule has 4 rings (SSSR count). The molecule has 142 valence electrons. The van der Waals surface area contributed by atoms with E-state index in [2.05, 4.69) is 10.2 Å². The molecule has 1 unspecified atom stereocenters. The van der Waals surface area contributed by atoms with E-state index in [1.165, 1.54) is 23.7 Å². The number of carbonyl (C=O) groups excluding carboxylic acids is 2. The smallest absolute Gasteiger partial charge is 0.296 e. The highest BCUT2D eigenvalue weighted by Crippen LogP contribution is 2.45. The zero-order chi connectivity index (χ0) is 20.0. The van der Waals surface area contributed by atoms with Crippen LogP contribution in [0.4, 0.5) is 5.13 Å². The van der Waals surface area contributed by atoms with Crippen LogP contribution >= 0.6 is 11.3 Å². The van der Waals surface area contributed by atoms with E-state index in [1.54, 1.807) is 13.0 Å². The lowest BCUT2D eigenvalue weighted by molar-refractivity contribution is -0.117. The lowest BCUT2D eigenvalue weighted by Crippen LogP contribution is -2.31. The number of phenols is 2. The minimum atomic E-state index is -1.18. The molecule has 0 fully saturated rings. The third kappa shape index (κ3) is 2.70. The summed E-state index contributed by atoms with van der Waals surface area (Å²) in [5.41, 5.74) is 1.25. The van der Waals surface area contributed by atoms with Gasteiger partial charge in [-0.05, 0) is 31.2 Å². The van der Waals surface area contributed by atoms with Crippen LogP contribution in [0.1, 0.15) is 27.9 Å². The maximum absolute atomic E-state index is 13.0. The fourth-order valence-electron chi connectivity index (χ4n) is 3.05. The van der Waals surface area contributed by atoms with E-state index < -0.39 is 23.5 Å². The van der Waals surface area contributed by atoms with Gasteiger partial charge < -0.3 is 19.7 Å². The number of benzene rings is 1. The van der Waals surface area contributed by atoms with Crippen LogP contribution in [0.25, 0.3) is 0 Å². The molecule has 28 heavy (non-hydrogen) atoms. The number of anilines is 1. The topological polar surface area (TPSA) is 137 Å². The van der Waals surface area contributed by atoms with Gasteiger partial charge in [-0.15, -0.1) is 10.2 Å². The second kappa shape index (κ2) is 6.50. The highest BCUT2D eigenvalue weighted by Gasteiger charge is 2.47. The van der Waals surface area contributed by atoms with Gasteiger partial charge in [0.1, 0.15) is 28.8 Å². The number of hydrogen-bond donors (Lipinski definition) is 3. The van der Waals surface area contributed by atoms with Crippen LogP contribution in [0.15, 0.2) is 51.6 Å². The van der Waals surface area contributed by atoms with Crippen LogP contribution < -0.4 is 4.90 Å². The molecule has 2 aromatic heterocycles. The Labute approximate surface area is 161 Å². The van der Waals surface area contributed by atoms with Crippen LogP contribution in [-0.4, -0.2) is 37.2 Å². The molecule has 10 heteroatoms. The summed E-state index contributed by atoms with van der Waals surface area (Å²) in [6, 6.07) is 5.56. The third-order valence-corrected chi connectivity index (χ3v) is 4.97. The predicted molar refractivity (Wildman–Crippen MR) is 97.3 cm³/mol. The summed E-state index contributed by atoms with van der Waals surface area (Å²) in [6.07, 6.45) is 0. The molecular weight excluding hydrogens is 386 g/mol. The van der Waals surface area contributed by atoms with Crippen molar-refractivity contribution in [3.05, 3.63) is 64.3 Å². The molecule has 0 bridgehead atoms. The Morgan fingerprint density at radius 3 is 2.61 bits per heavy atom. The summed E-state index contributed by atoms with van der Waals surface area (Å²) in [7, 11) is 0. The Morgan fingerprint density at radius 2 is 2.00 bits per heavy atom. The summed E-state index contributed by atoms with van der Waals surface area (Å²) in [4.78, 5) is 26.9. The van der Waals surface area contributed by atoms with Crippen LogP contribution in [0.5, 0.6) is 11.5 Å². The minimum Gasteiger partial charge on any atom is -0.508 e. The quantitative estimate of drug-likeness (QED) is 0.570. The van der Waals surface area contributed by atoms with Gasteiger partial charge in [-0.3, -0.25) is 14.5 Å². The Morgan fingerprint density at radius 1 is 1.21 bits per heavy atom. The van der Waals surface area contributed by atoms with Crippen LogP contribution in [0.3, 0.4) is 0 Å². The van der Waals surface area contributed by atoms with Crippen LogP contribution in [0.2, 0.25) is 0 Å². The van der Waals surface area contributed by atoms with Crippen molar-refractivity contribution >= 4 is 28.2 Å². The summed E-state index contributed by atoms with van der Waals surface area (Å²) in [6.45, 7) is 1.65. The summed E-state index contributed by atoms with van der Waals surface area (Å²) in [5.74, 6) is -2.47. The fourth-order valence-corrected chi connectivity index (χ4v) is 3.64. The number of rotatable bonds is 4. The Balaban J connectivity index is 1.91. The van der Waals surface area contributed by atoms with Crippen molar-refractivity contribution in [2.45, 2.75) is 13.0 Å². The first-order valence-corrected chi connectivity index (χ1v) is 8.92. The van der Waals surface area contributed by atoms with Gasteiger partial charge in [-0.25, -0.2) is 0 Å². The minimum absolute atomic E-state index is 0.0609. The van der Waals surface area contributed by atoms with E-state index in [0.29, 0.717) is 5.76 Å². The number of aliphatic hydroxyl groups is 1. The number of aromatic nitrogens is 2. The average molecular weight is 399 g/mol. The molecule has 0 saturated heterocycles. The number of aryl methyl sites for hydroxylation is 1. The van der Waals surface area contributed by atoms with Crippen LogP contribution in [0, 0.1) is 6.92 Å². The van der Waals surface area contributed by atoms with Crippen molar-refractivity contribution in [1.29, 1.82) is 0 Å². The Hall–Kier alpha value is -3.66. The largest absolute Gasteiger partial charge is 0.508 e. The van der Waals surface area contributed by atoms with E-state index in [1.807, 2.05) is 0 Å². The molecule has 9 nitrogen and oxygen atoms in total. The molecule has 1 aliphatic rings. The van der Waals surface area contributed by atoms with Gasteiger partial charge in [0, 0.05) is 11.6 Å². The molecule has 1 amide bonds. The maximum Gasteiger partial charge on any atom is 0.296 e. The highest BCUT2D eigenvalue weighted by molar-refractivity contribution is 7.13. The number of amides is 1. The first-order valence-electron chi connectivity index (χ1n) is 8.04. The molecule has 0 saturated carbocycles. The van der Waals surface area contributed by atoms with Gasteiger partial charge in [-0.1, -0.05) is 11.3 Å². The summed E-state index contributed by atoms with van der Waals surface area (Å²) < 4.78 is 5.35. The maximum atomic E-state index is 13.0. The number of carbonyl (C=O) groups is 2. The second-order valence-electron chi connectivity index (χ2n) is 6.04. The zero-order valence-electron chi connectivity index (χ0n) is 14.4. The molecular formula is C18H13N3O6S. The first kappa shape index (κ1) is 17.7. The number of hydrogen-bond acceptors (Lipinski definition) is 9. The van der Waals surface area contributed by atoms with Crippen molar-refractivity contribution in [2.75, 3.05) is 4.90 Å². The van der Waals surface area contributed by atoms with Gasteiger partial charge in [0.15, 0.2) is 11.5 Å². The first-order chi connectivity index (χ1) is 13.4. The summed E-state index contributed by atoms with van der Waals surface area (Å²) >= 11 is 1.03. The van der Waals surface area contributed by atoms with Gasteiger partial charge >= 0.3 is 0 Å². The van der Waals surface area contributed by atoms with Crippen molar-refractivity contribution in [2.24, 2.45) is 0 Å². The fraction of sp³-hybridized carbons (Fsp3) is 0.111. The Kier molecular flexibility index (Phi) is 4.12. The second-order valence-corrected chi connectivity index (χ2v) is 6.86. The third-order valence-electron chi connectivity index (χ3n) is 4.28. The molecule has 0 spiro atoms.